The third-order valence-electron chi connectivity index (χ3n) is 4.02. The topological polar surface area (TPSA) is 75.4 Å². The lowest BCUT2D eigenvalue weighted by molar-refractivity contribution is -0.147. The summed E-state index contributed by atoms with van der Waals surface area (Å²) in [5.74, 6) is -0.426. The summed E-state index contributed by atoms with van der Waals surface area (Å²) in [7, 11) is 0. The number of anilines is 1. The molecule has 1 saturated heterocycles. The van der Waals surface area contributed by atoms with Crippen molar-refractivity contribution < 1.29 is 9.90 Å². The predicted octanol–water partition coefficient (Wildman–Crippen LogP) is 0.954. The van der Waals surface area contributed by atoms with Crippen LogP contribution in [0, 0.1) is 5.41 Å². The van der Waals surface area contributed by atoms with E-state index in [-0.39, 0.29) is 5.56 Å². The number of nitrogens with zero attached hydrogens (tertiary/aromatic N) is 3. The molecule has 2 rings (SSSR count). The Kier molecular flexibility index (Phi) is 3.59. The minimum atomic E-state index is -0.788. The molecule has 1 aromatic heterocycles. The van der Waals surface area contributed by atoms with Gasteiger partial charge in [0.05, 0.1) is 5.41 Å². The van der Waals surface area contributed by atoms with Crippen LogP contribution < -0.4 is 10.5 Å². The monoisotopic (exact) mass is 265 g/mol. The average Bonchev–Trinajstić information content (AvgIpc) is 2.84. The summed E-state index contributed by atoms with van der Waals surface area (Å²) in [5.41, 5.74) is -0.900. The van der Waals surface area contributed by atoms with Gasteiger partial charge in [0.25, 0.3) is 5.56 Å². The summed E-state index contributed by atoms with van der Waals surface area (Å²) >= 11 is 0. The van der Waals surface area contributed by atoms with Crippen LogP contribution in [0.5, 0.6) is 0 Å². The molecule has 2 heterocycles. The quantitative estimate of drug-likeness (QED) is 0.877. The molecule has 104 valence electrons. The smallest absolute Gasteiger partial charge is 0.311 e. The Morgan fingerprint density at radius 1 is 1.53 bits per heavy atom. The van der Waals surface area contributed by atoms with Crippen LogP contribution in [0.3, 0.4) is 0 Å². The average molecular weight is 265 g/mol. The highest BCUT2D eigenvalue weighted by Crippen LogP contribution is 2.35. The standard InChI is InChI=1S/C13H19N3O3/c1-3-13(12(18)19)5-7-16(9-13)10-11(17)15(4-2)8-6-14-10/h6,8H,3-5,7,9H2,1-2H3,(H,18,19). The molecule has 0 aromatic carbocycles. The van der Waals surface area contributed by atoms with E-state index in [2.05, 4.69) is 4.98 Å². The van der Waals surface area contributed by atoms with Gasteiger partial charge < -0.3 is 14.6 Å². The Hall–Kier alpha value is -1.85. The van der Waals surface area contributed by atoms with Crippen molar-refractivity contribution in [2.75, 3.05) is 18.0 Å². The third-order valence-corrected chi connectivity index (χ3v) is 4.02. The van der Waals surface area contributed by atoms with Gasteiger partial charge in [-0.15, -0.1) is 0 Å². The number of carboxylic acid groups (broad SMARTS) is 1. The zero-order valence-corrected chi connectivity index (χ0v) is 11.3. The van der Waals surface area contributed by atoms with E-state index in [9.17, 15) is 14.7 Å². The van der Waals surface area contributed by atoms with Crippen molar-refractivity contribution in [3.05, 3.63) is 22.7 Å². The Morgan fingerprint density at radius 2 is 2.26 bits per heavy atom. The highest BCUT2D eigenvalue weighted by Gasteiger charge is 2.44. The number of hydrogen-bond donors (Lipinski definition) is 1. The lowest BCUT2D eigenvalue weighted by Crippen LogP contribution is -2.37. The van der Waals surface area contributed by atoms with Gasteiger partial charge in [0.2, 0.25) is 0 Å². The first-order valence-electron chi connectivity index (χ1n) is 6.58. The zero-order valence-electron chi connectivity index (χ0n) is 11.3. The summed E-state index contributed by atoms with van der Waals surface area (Å²) in [6.45, 7) is 5.27. The van der Waals surface area contributed by atoms with E-state index in [1.165, 1.54) is 0 Å². The first kappa shape index (κ1) is 13.6. The van der Waals surface area contributed by atoms with Crippen molar-refractivity contribution in [1.29, 1.82) is 0 Å². The molecule has 1 unspecified atom stereocenters. The Morgan fingerprint density at radius 3 is 2.79 bits per heavy atom. The van der Waals surface area contributed by atoms with E-state index in [0.717, 1.165) is 0 Å². The first-order chi connectivity index (χ1) is 9.04. The third kappa shape index (κ3) is 2.22. The summed E-state index contributed by atoms with van der Waals surface area (Å²) in [4.78, 5) is 29.5. The normalized spacial score (nSPS) is 22.7. The molecule has 1 fully saturated rings. The fourth-order valence-corrected chi connectivity index (χ4v) is 2.57. The van der Waals surface area contributed by atoms with Crippen LogP contribution in [-0.4, -0.2) is 33.7 Å². The molecule has 0 spiro atoms. The molecular formula is C13H19N3O3. The molecule has 1 N–H and O–H groups in total. The Labute approximate surface area is 111 Å². The van der Waals surface area contributed by atoms with Crippen molar-refractivity contribution in [3.63, 3.8) is 0 Å². The minimum Gasteiger partial charge on any atom is -0.481 e. The van der Waals surface area contributed by atoms with Crippen LogP contribution in [0.2, 0.25) is 0 Å². The van der Waals surface area contributed by atoms with Crippen molar-refractivity contribution in [3.8, 4) is 0 Å². The zero-order chi connectivity index (χ0) is 14.0. The van der Waals surface area contributed by atoms with Crippen LogP contribution in [0.25, 0.3) is 0 Å². The summed E-state index contributed by atoms with van der Waals surface area (Å²) in [6.07, 6.45) is 4.35. The predicted molar refractivity (Wildman–Crippen MR) is 71.4 cm³/mol. The van der Waals surface area contributed by atoms with Crippen LogP contribution >= 0.6 is 0 Å². The van der Waals surface area contributed by atoms with Gasteiger partial charge in [-0.2, -0.15) is 0 Å². The van der Waals surface area contributed by atoms with Crippen LogP contribution in [0.4, 0.5) is 5.82 Å². The molecule has 6 heteroatoms. The van der Waals surface area contributed by atoms with Crippen LogP contribution in [-0.2, 0) is 11.3 Å². The maximum absolute atomic E-state index is 12.2. The van der Waals surface area contributed by atoms with Crippen molar-refractivity contribution in [2.45, 2.75) is 33.2 Å². The SMILES string of the molecule is CCn1ccnc(N2CCC(CC)(C(=O)O)C2)c1=O. The maximum atomic E-state index is 12.2. The molecule has 0 saturated carbocycles. The second kappa shape index (κ2) is 5.03. The molecule has 6 nitrogen and oxygen atoms in total. The highest BCUT2D eigenvalue weighted by atomic mass is 16.4. The minimum absolute atomic E-state index is 0.151. The van der Waals surface area contributed by atoms with E-state index in [1.807, 2.05) is 13.8 Å². The maximum Gasteiger partial charge on any atom is 0.311 e. The largest absolute Gasteiger partial charge is 0.481 e. The van der Waals surface area contributed by atoms with Crippen LogP contribution in [0.1, 0.15) is 26.7 Å². The fraction of sp³-hybridized carbons (Fsp3) is 0.615. The van der Waals surface area contributed by atoms with Gasteiger partial charge in [-0.25, -0.2) is 4.98 Å². The summed E-state index contributed by atoms with van der Waals surface area (Å²) < 4.78 is 1.58. The Bertz CT molecular complexity index is 540. The molecule has 0 bridgehead atoms. The summed E-state index contributed by atoms with van der Waals surface area (Å²) in [6, 6.07) is 0. The van der Waals surface area contributed by atoms with E-state index < -0.39 is 11.4 Å². The van der Waals surface area contributed by atoms with Gasteiger partial charge in [0.15, 0.2) is 5.82 Å². The van der Waals surface area contributed by atoms with Gasteiger partial charge >= 0.3 is 5.97 Å². The number of aryl methyl sites for hydroxylation is 1. The molecule has 1 aliphatic rings. The van der Waals surface area contributed by atoms with E-state index >= 15 is 0 Å². The van der Waals surface area contributed by atoms with Gasteiger partial charge in [0, 0.05) is 32.0 Å². The van der Waals surface area contributed by atoms with Crippen LogP contribution in [0.15, 0.2) is 17.2 Å². The molecule has 0 aliphatic carbocycles. The molecule has 0 amide bonds. The molecule has 19 heavy (non-hydrogen) atoms. The van der Waals surface area contributed by atoms with Crippen molar-refractivity contribution >= 4 is 11.8 Å². The fourth-order valence-electron chi connectivity index (χ4n) is 2.57. The van der Waals surface area contributed by atoms with Crippen molar-refractivity contribution in [1.82, 2.24) is 9.55 Å². The number of carboxylic acids is 1. The molecule has 0 radical (unpaired) electrons. The molecular weight excluding hydrogens is 246 g/mol. The second-order valence-electron chi connectivity index (χ2n) is 4.95. The molecule has 1 atom stereocenters. The second-order valence-corrected chi connectivity index (χ2v) is 4.95. The van der Waals surface area contributed by atoms with Gasteiger partial charge in [-0.1, -0.05) is 6.92 Å². The Balaban J connectivity index is 2.31. The lowest BCUT2D eigenvalue weighted by Gasteiger charge is -2.23. The number of aliphatic carboxylic acids is 1. The van der Waals surface area contributed by atoms with Gasteiger partial charge in [-0.3, -0.25) is 9.59 Å². The van der Waals surface area contributed by atoms with E-state index in [1.54, 1.807) is 21.9 Å². The number of aromatic nitrogens is 2. The molecule has 1 aliphatic heterocycles. The summed E-state index contributed by atoms with van der Waals surface area (Å²) in [5, 5.41) is 9.37. The molecule has 1 aromatic rings. The van der Waals surface area contributed by atoms with Gasteiger partial charge in [0.1, 0.15) is 0 Å². The number of carbonyl (C=O) groups is 1. The van der Waals surface area contributed by atoms with E-state index in [4.69, 9.17) is 0 Å². The number of hydrogen-bond acceptors (Lipinski definition) is 4. The highest BCUT2D eigenvalue weighted by molar-refractivity contribution is 5.76. The van der Waals surface area contributed by atoms with Gasteiger partial charge in [-0.05, 0) is 19.8 Å². The lowest BCUT2D eigenvalue weighted by atomic mass is 9.84. The van der Waals surface area contributed by atoms with E-state index in [0.29, 0.717) is 38.3 Å². The number of rotatable bonds is 4. The first-order valence-corrected chi connectivity index (χ1v) is 6.58. The van der Waals surface area contributed by atoms with Crippen molar-refractivity contribution in [2.24, 2.45) is 5.41 Å².